The van der Waals surface area contributed by atoms with Gasteiger partial charge in [0.15, 0.2) is 0 Å². The van der Waals surface area contributed by atoms with Crippen LogP contribution in [0.25, 0.3) is 0 Å². The highest BCUT2D eigenvalue weighted by Crippen LogP contribution is 2.32. The van der Waals surface area contributed by atoms with Gasteiger partial charge >= 0.3 is 0 Å². The van der Waals surface area contributed by atoms with Gasteiger partial charge in [0.25, 0.3) is 0 Å². The van der Waals surface area contributed by atoms with Crippen molar-refractivity contribution in [2.75, 3.05) is 6.54 Å². The number of rotatable bonds is 7. The van der Waals surface area contributed by atoms with E-state index in [4.69, 9.17) is 0 Å². The highest BCUT2D eigenvalue weighted by molar-refractivity contribution is 5.34. The molecule has 1 atom stereocenters. The molecule has 0 saturated heterocycles. The first-order valence-electron chi connectivity index (χ1n) is 7.55. The molecule has 0 spiro atoms. The van der Waals surface area contributed by atoms with E-state index in [1.807, 2.05) is 13.8 Å². The SMILES string of the molecule is CCCNC(c1c(C)cc(C)cc1F)C(CC)CC. The van der Waals surface area contributed by atoms with Crippen LogP contribution in [0.4, 0.5) is 4.39 Å². The van der Waals surface area contributed by atoms with Crippen LogP contribution in [0.1, 0.15) is 62.8 Å². The smallest absolute Gasteiger partial charge is 0.128 e. The number of aryl methyl sites for hydroxylation is 2. The lowest BCUT2D eigenvalue weighted by Crippen LogP contribution is -2.30. The summed E-state index contributed by atoms with van der Waals surface area (Å²) in [5.41, 5.74) is 2.93. The van der Waals surface area contributed by atoms with Gasteiger partial charge in [-0.25, -0.2) is 4.39 Å². The average molecular weight is 265 g/mol. The Morgan fingerprint density at radius 1 is 1.11 bits per heavy atom. The Kier molecular flexibility index (Phi) is 6.50. The summed E-state index contributed by atoms with van der Waals surface area (Å²) in [6.45, 7) is 11.4. The second-order valence-corrected chi connectivity index (χ2v) is 5.49. The van der Waals surface area contributed by atoms with E-state index >= 15 is 0 Å². The van der Waals surface area contributed by atoms with Gasteiger partial charge < -0.3 is 5.32 Å². The molecular weight excluding hydrogens is 237 g/mol. The summed E-state index contributed by atoms with van der Waals surface area (Å²) in [6.07, 6.45) is 3.22. The summed E-state index contributed by atoms with van der Waals surface area (Å²) in [5, 5.41) is 3.55. The predicted molar refractivity (Wildman–Crippen MR) is 81.0 cm³/mol. The summed E-state index contributed by atoms with van der Waals surface area (Å²) in [7, 11) is 0. The van der Waals surface area contributed by atoms with Crippen LogP contribution in [0.15, 0.2) is 12.1 Å². The van der Waals surface area contributed by atoms with Crippen molar-refractivity contribution < 1.29 is 4.39 Å². The highest BCUT2D eigenvalue weighted by atomic mass is 19.1. The van der Waals surface area contributed by atoms with Crippen LogP contribution in [-0.4, -0.2) is 6.54 Å². The fraction of sp³-hybridized carbons (Fsp3) is 0.647. The van der Waals surface area contributed by atoms with Crippen molar-refractivity contribution in [3.8, 4) is 0 Å². The summed E-state index contributed by atoms with van der Waals surface area (Å²) < 4.78 is 14.4. The van der Waals surface area contributed by atoms with E-state index in [-0.39, 0.29) is 11.9 Å². The molecule has 1 unspecified atom stereocenters. The maximum Gasteiger partial charge on any atom is 0.128 e. The van der Waals surface area contributed by atoms with Gasteiger partial charge in [-0.15, -0.1) is 0 Å². The molecule has 0 saturated carbocycles. The maximum atomic E-state index is 14.4. The molecule has 0 aromatic heterocycles. The van der Waals surface area contributed by atoms with Gasteiger partial charge in [-0.1, -0.05) is 39.7 Å². The second kappa shape index (κ2) is 7.64. The fourth-order valence-corrected chi connectivity index (χ4v) is 2.89. The molecule has 0 bridgehead atoms. The van der Waals surface area contributed by atoms with E-state index in [9.17, 15) is 4.39 Å². The molecule has 0 heterocycles. The van der Waals surface area contributed by atoms with Crippen molar-refractivity contribution in [3.05, 3.63) is 34.6 Å². The van der Waals surface area contributed by atoms with Gasteiger partial charge in [-0.3, -0.25) is 0 Å². The lowest BCUT2D eigenvalue weighted by atomic mass is 9.86. The molecule has 1 nitrogen and oxygen atoms in total. The predicted octanol–water partition coefficient (Wildman–Crippen LogP) is 4.92. The number of halogens is 1. The second-order valence-electron chi connectivity index (χ2n) is 5.49. The third-order valence-electron chi connectivity index (χ3n) is 3.93. The normalized spacial score (nSPS) is 13.0. The van der Waals surface area contributed by atoms with E-state index in [0.717, 1.165) is 42.5 Å². The summed E-state index contributed by atoms with van der Waals surface area (Å²) >= 11 is 0. The monoisotopic (exact) mass is 265 g/mol. The third-order valence-corrected chi connectivity index (χ3v) is 3.93. The minimum absolute atomic E-state index is 0.0574. The number of nitrogens with one attached hydrogen (secondary N) is 1. The number of benzene rings is 1. The van der Waals surface area contributed by atoms with Crippen molar-refractivity contribution >= 4 is 0 Å². The lowest BCUT2D eigenvalue weighted by Gasteiger charge is -2.29. The lowest BCUT2D eigenvalue weighted by molar-refractivity contribution is 0.331. The average Bonchev–Trinajstić information content (AvgIpc) is 2.35. The van der Waals surface area contributed by atoms with Gasteiger partial charge in [0.1, 0.15) is 5.82 Å². The van der Waals surface area contributed by atoms with E-state index in [2.05, 4.69) is 32.2 Å². The topological polar surface area (TPSA) is 12.0 Å². The molecule has 108 valence electrons. The molecule has 0 aliphatic heterocycles. The Morgan fingerprint density at radius 3 is 2.21 bits per heavy atom. The first-order valence-corrected chi connectivity index (χ1v) is 7.55. The molecule has 1 rings (SSSR count). The molecule has 0 aliphatic carbocycles. The van der Waals surface area contributed by atoms with E-state index in [0.29, 0.717) is 5.92 Å². The fourth-order valence-electron chi connectivity index (χ4n) is 2.89. The minimum atomic E-state index is -0.0574. The van der Waals surface area contributed by atoms with Crippen molar-refractivity contribution in [3.63, 3.8) is 0 Å². The Hall–Kier alpha value is -0.890. The van der Waals surface area contributed by atoms with Crippen molar-refractivity contribution in [1.29, 1.82) is 0 Å². The van der Waals surface area contributed by atoms with Gasteiger partial charge in [-0.05, 0) is 49.9 Å². The Labute approximate surface area is 117 Å². The van der Waals surface area contributed by atoms with Crippen LogP contribution in [0, 0.1) is 25.6 Å². The first kappa shape index (κ1) is 16.2. The molecule has 0 amide bonds. The van der Waals surface area contributed by atoms with Gasteiger partial charge in [0, 0.05) is 11.6 Å². The first-order chi connectivity index (χ1) is 9.04. The summed E-state index contributed by atoms with van der Waals surface area (Å²) in [4.78, 5) is 0. The zero-order valence-electron chi connectivity index (χ0n) is 13.0. The molecule has 1 aromatic carbocycles. The van der Waals surface area contributed by atoms with Crippen LogP contribution < -0.4 is 5.32 Å². The van der Waals surface area contributed by atoms with Crippen LogP contribution in [0.5, 0.6) is 0 Å². The molecule has 0 fully saturated rings. The van der Waals surface area contributed by atoms with E-state index in [1.54, 1.807) is 6.07 Å². The summed E-state index contributed by atoms with van der Waals surface area (Å²) in [5.74, 6) is 0.431. The standard InChI is InChI=1S/C17H28FN/c1-6-9-19-17(14(7-2)8-3)16-13(5)10-12(4)11-15(16)18/h10-11,14,17,19H,6-9H2,1-5H3. The van der Waals surface area contributed by atoms with Crippen LogP contribution in [-0.2, 0) is 0 Å². The number of hydrogen-bond donors (Lipinski definition) is 1. The van der Waals surface area contributed by atoms with Gasteiger partial charge in [0.2, 0.25) is 0 Å². The van der Waals surface area contributed by atoms with Crippen molar-refractivity contribution in [2.45, 2.75) is 59.9 Å². The van der Waals surface area contributed by atoms with E-state index < -0.39 is 0 Å². The minimum Gasteiger partial charge on any atom is -0.310 e. The molecule has 1 N–H and O–H groups in total. The molecule has 0 aliphatic rings. The van der Waals surface area contributed by atoms with Crippen molar-refractivity contribution in [1.82, 2.24) is 5.32 Å². The van der Waals surface area contributed by atoms with Gasteiger partial charge in [0.05, 0.1) is 0 Å². The molecule has 0 radical (unpaired) electrons. The zero-order valence-corrected chi connectivity index (χ0v) is 13.0. The molecule has 19 heavy (non-hydrogen) atoms. The molecule has 2 heteroatoms. The summed E-state index contributed by atoms with van der Waals surface area (Å²) in [6, 6.07) is 3.88. The largest absolute Gasteiger partial charge is 0.310 e. The van der Waals surface area contributed by atoms with Gasteiger partial charge in [-0.2, -0.15) is 0 Å². The highest BCUT2D eigenvalue weighted by Gasteiger charge is 2.24. The van der Waals surface area contributed by atoms with Crippen molar-refractivity contribution in [2.24, 2.45) is 5.92 Å². The van der Waals surface area contributed by atoms with E-state index in [1.165, 1.54) is 0 Å². The Balaban J connectivity index is 3.16. The van der Waals surface area contributed by atoms with Crippen LogP contribution in [0.2, 0.25) is 0 Å². The third kappa shape index (κ3) is 4.04. The number of hydrogen-bond acceptors (Lipinski definition) is 1. The quantitative estimate of drug-likeness (QED) is 0.738. The maximum absolute atomic E-state index is 14.4. The Bertz CT molecular complexity index is 373. The zero-order chi connectivity index (χ0) is 14.4. The molecular formula is C17H28FN. The molecule has 1 aromatic rings. The Morgan fingerprint density at radius 2 is 1.74 bits per heavy atom. The van der Waals surface area contributed by atoms with Crippen LogP contribution in [0.3, 0.4) is 0 Å². The van der Waals surface area contributed by atoms with Crippen LogP contribution >= 0.6 is 0 Å².